The molecule has 1 saturated carbocycles. The van der Waals surface area contributed by atoms with Crippen LogP contribution in [0.5, 0.6) is 0 Å². The predicted molar refractivity (Wildman–Crippen MR) is 166 cm³/mol. The van der Waals surface area contributed by atoms with Crippen molar-refractivity contribution >= 4 is 23.0 Å². The normalized spacial score (nSPS) is 15.6. The third kappa shape index (κ3) is 5.68. The van der Waals surface area contributed by atoms with Gasteiger partial charge in [0.15, 0.2) is 5.65 Å². The number of rotatable bonds is 7. The lowest BCUT2D eigenvalue weighted by atomic mass is 9.92. The number of nitrogens with zero attached hydrogens (tertiary/aromatic N) is 4. The lowest BCUT2D eigenvalue weighted by Crippen LogP contribution is -2.37. The van der Waals surface area contributed by atoms with Gasteiger partial charge in [-0.1, -0.05) is 25.0 Å². The fraction of sp³-hybridized carbons (Fsp3) is 0.412. The van der Waals surface area contributed by atoms with Crippen molar-refractivity contribution in [2.24, 2.45) is 0 Å². The molecule has 1 aliphatic carbocycles. The number of benzene rings is 2. The van der Waals surface area contributed by atoms with Gasteiger partial charge in [0.25, 0.3) is 5.91 Å². The largest absolute Gasteiger partial charge is 0.353 e. The molecule has 8 heteroatoms. The molecule has 2 amide bonds. The molecule has 0 unspecified atom stereocenters. The average Bonchev–Trinajstić information content (AvgIpc) is 3.65. The van der Waals surface area contributed by atoms with Crippen LogP contribution in [0.25, 0.3) is 33.5 Å². The van der Waals surface area contributed by atoms with Crippen LogP contribution < -0.4 is 5.32 Å². The highest BCUT2D eigenvalue weighted by Gasteiger charge is 2.22. The molecule has 6 rings (SSSR count). The first-order chi connectivity index (χ1) is 20.3. The molecule has 0 atom stereocenters. The van der Waals surface area contributed by atoms with Crippen LogP contribution in [0.4, 0.5) is 0 Å². The van der Waals surface area contributed by atoms with E-state index in [4.69, 9.17) is 9.97 Å². The minimum atomic E-state index is -0.00580. The van der Waals surface area contributed by atoms with Crippen molar-refractivity contribution in [3.05, 3.63) is 70.5 Å². The smallest absolute Gasteiger partial charge is 0.253 e. The number of aromatic nitrogens is 3. The maximum atomic E-state index is 12.5. The zero-order chi connectivity index (χ0) is 29.4. The summed E-state index contributed by atoms with van der Waals surface area (Å²) in [6, 6.07) is 10.8. The molecular formula is C34H40N6O2. The first kappa shape index (κ1) is 28.1. The first-order valence-corrected chi connectivity index (χ1v) is 15.1. The number of carbonyl (C=O) groups excluding carboxylic acids is 2. The van der Waals surface area contributed by atoms with E-state index in [1.165, 1.54) is 29.5 Å². The second-order valence-electron chi connectivity index (χ2n) is 12.1. The van der Waals surface area contributed by atoms with Crippen molar-refractivity contribution < 1.29 is 9.59 Å². The Morgan fingerprint density at radius 1 is 1.07 bits per heavy atom. The van der Waals surface area contributed by atoms with Gasteiger partial charge in [-0.05, 0) is 79.1 Å². The Morgan fingerprint density at radius 3 is 2.62 bits per heavy atom. The Kier molecular flexibility index (Phi) is 7.82. The maximum Gasteiger partial charge on any atom is 0.253 e. The van der Waals surface area contributed by atoms with Crippen molar-refractivity contribution in [3.63, 3.8) is 0 Å². The van der Waals surface area contributed by atoms with E-state index in [2.05, 4.69) is 34.3 Å². The fourth-order valence-electron chi connectivity index (χ4n) is 6.51. The number of aryl methyl sites for hydroxylation is 2. The van der Waals surface area contributed by atoms with Gasteiger partial charge in [-0.25, -0.2) is 9.97 Å². The van der Waals surface area contributed by atoms with Gasteiger partial charge in [-0.3, -0.25) is 14.5 Å². The second-order valence-corrected chi connectivity index (χ2v) is 12.1. The van der Waals surface area contributed by atoms with Crippen LogP contribution in [-0.4, -0.2) is 69.8 Å². The van der Waals surface area contributed by atoms with E-state index < -0.39 is 0 Å². The number of nitrogens with one attached hydrogen (secondary N) is 2. The summed E-state index contributed by atoms with van der Waals surface area (Å²) in [5, 5.41) is 3.22. The highest BCUT2D eigenvalue weighted by Crippen LogP contribution is 2.32. The summed E-state index contributed by atoms with van der Waals surface area (Å²) in [7, 11) is 3.53. The molecule has 0 spiro atoms. The quantitative estimate of drug-likeness (QED) is 0.313. The minimum Gasteiger partial charge on any atom is -0.353 e. The number of amides is 2. The van der Waals surface area contributed by atoms with Gasteiger partial charge in [0, 0.05) is 69.1 Å². The summed E-state index contributed by atoms with van der Waals surface area (Å²) in [6.07, 6.45) is 10.0. The van der Waals surface area contributed by atoms with Crippen LogP contribution >= 0.6 is 0 Å². The molecule has 0 radical (unpaired) electrons. The third-order valence-electron chi connectivity index (χ3n) is 8.86. The summed E-state index contributed by atoms with van der Waals surface area (Å²) in [4.78, 5) is 42.1. The van der Waals surface area contributed by atoms with Crippen LogP contribution in [0, 0.1) is 13.8 Å². The van der Waals surface area contributed by atoms with Crippen molar-refractivity contribution in [2.75, 3.05) is 27.2 Å². The summed E-state index contributed by atoms with van der Waals surface area (Å²) < 4.78 is 0. The highest BCUT2D eigenvalue weighted by atomic mass is 16.2. The third-order valence-corrected chi connectivity index (χ3v) is 8.86. The SMILES string of the molecule is Cc1cc(-c2c[nH]c3ncc(-c4cc(C)c5c(c4)CN(CCC(=O)NC4CCCC4)CC5)nc23)ccc1C(=O)N(C)C. The molecule has 2 aromatic carbocycles. The van der Waals surface area contributed by atoms with Crippen molar-refractivity contribution in [1.29, 1.82) is 0 Å². The molecular weight excluding hydrogens is 524 g/mol. The Hall–Kier alpha value is -4.04. The van der Waals surface area contributed by atoms with E-state index in [9.17, 15) is 9.59 Å². The van der Waals surface area contributed by atoms with E-state index >= 15 is 0 Å². The van der Waals surface area contributed by atoms with E-state index in [1.54, 1.807) is 19.0 Å². The monoisotopic (exact) mass is 564 g/mol. The second kappa shape index (κ2) is 11.7. The molecule has 3 heterocycles. The summed E-state index contributed by atoms with van der Waals surface area (Å²) in [5.74, 6) is 0.173. The topological polar surface area (TPSA) is 94.2 Å². The van der Waals surface area contributed by atoms with Crippen molar-refractivity contribution in [2.45, 2.75) is 65.0 Å². The number of aromatic amines is 1. The van der Waals surface area contributed by atoms with Gasteiger partial charge in [-0.2, -0.15) is 0 Å². The number of hydrogen-bond acceptors (Lipinski definition) is 5. The van der Waals surface area contributed by atoms with Crippen LogP contribution in [0.3, 0.4) is 0 Å². The molecule has 2 aromatic heterocycles. The standard InChI is InChI=1S/C34H40N6O2/c1-21-16-24(17-25-20-40(13-11-27(21)25)14-12-31(41)37-26-7-5-6-8-26)30-19-36-33-32(38-30)29(18-35-33)23-9-10-28(22(2)15-23)34(42)39(3)4/h9-10,15-19,26H,5-8,11-14,20H2,1-4H3,(H,35,36)(H,37,41). The molecule has 0 saturated heterocycles. The lowest BCUT2D eigenvalue weighted by Gasteiger charge is -2.30. The summed E-state index contributed by atoms with van der Waals surface area (Å²) >= 11 is 0. The number of carbonyl (C=O) groups is 2. The number of hydrogen-bond donors (Lipinski definition) is 2. The molecule has 2 N–H and O–H groups in total. The summed E-state index contributed by atoms with van der Waals surface area (Å²) in [6.45, 7) is 6.73. The molecule has 0 bridgehead atoms. The van der Waals surface area contributed by atoms with Gasteiger partial charge in [-0.15, -0.1) is 0 Å². The molecule has 8 nitrogen and oxygen atoms in total. The van der Waals surface area contributed by atoms with Crippen LogP contribution in [0.2, 0.25) is 0 Å². The average molecular weight is 565 g/mol. The van der Waals surface area contributed by atoms with E-state index in [1.807, 2.05) is 37.5 Å². The van der Waals surface area contributed by atoms with Crippen molar-refractivity contribution in [1.82, 2.24) is 30.1 Å². The van der Waals surface area contributed by atoms with Crippen LogP contribution in [0.15, 0.2) is 42.7 Å². The Labute approximate surface area is 247 Å². The van der Waals surface area contributed by atoms with Crippen molar-refractivity contribution in [3.8, 4) is 22.4 Å². The molecule has 2 aliphatic rings. The van der Waals surface area contributed by atoms with Gasteiger partial charge >= 0.3 is 0 Å². The first-order valence-electron chi connectivity index (χ1n) is 15.1. The molecule has 4 aromatic rings. The molecule has 42 heavy (non-hydrogen) atoms. The van der Waals surface area contributed by atoms with Crippen LogP contribution in [0.1, 0.15) is 64.7 Å². The van der Waals surface area contributed by atoms with E-state index in [-0.39, 0.29) is 11.8 Å². The lowest BCUT2D eigenvalue weighted by molar-refractivity contribution is -0.122. The molecule has 218 valence electrons. The summed E-state index contributed by atoms with van der Waals surface area (Å²) in [5.41, 5.74) is 11.0. The Bertz CT molecular complexity index is 1650. The molecule has 1 aliphatic heterocycles. The van der Waals surface area contributed by atoms with Gasteiger partial charge in [0.1, 0.15) is 5.52 Å². The van der Waals surface area contributed by atoms with Gasteiger partial charge in [0.05, 0.1) is 11.9 Å². The highest BCUT2D eigenvalue weighted by molar-refractivity contribution is 5.97. The number of fused-ring (bicyclic) bond motifs is 2. The van der Waals surface area contributed by atoms with E-state index in [0.717, 1.165) is 78.0 Å². The predicted octanol–water partition coefficient (Wildman–Crippen LogP) is 5.42. The van der Waals surface area contributed by atoms with Gasteiger partial charge in [0.2, 0.25) is 5.91 Å². The molecule has 1 fully saturated rings. The minimum absolute atomic E-state index is 0.00580. The number of H-pyrrole nitrogens is 1. The Morgan fingerprint density at radius 2 is 1.86 bits per heavy atom. The zero-order valence-electron chi connectivity index (χ0n) is 25.1. The van der Waals surface area contributed by atoms with E-state index in [0.29, 0.717) is 18.0 Å². The van der Waals surface area contributed by atoms with Crippen LogP contribution in [-0.2, 0) is 17.8 Å². The zero-order valence-corrected chi connectivity index (χ0v) is 25.1. The Balaban J connectivity index is 1.23. The van der Waals surface area contributed by atoms with Gasteiger partial charge < -0.3 is 15.2 Å². The fourth-order valence-corrected chi connectivity index (χ4v) is 6.51. The maximum absolute atomic E-state index is 12.5.